The van der Waals surface area contributed by atoms with Crippen LogP contribution in [0.15, 0.2) is 47.6 Å². The van der Waals surface area contributed by atoms with Crippen molar-refractivity contribution < 1.29 is 9.53 Å². The lowest BCUT2D eigenvalue weighted by Crippen LogP contribution is -2.14. The van der Waals surface area contributed by atoms with Crippen LogP contribution >= 0.6 is 34.7 Å². The van der Waals surface area contributed by atoms with Crippen molar-refractivity contribution in [3.63, 3.8) is 0 Å². The molecule has 7 nitrogen and oxygen atoms in total. The minimum atomic E-state index is -0.355. The molecule has 160 valence electrons. The Morgan fingerprint density at radius 1 is 1.26 bits per heavy atom. The van der Waals surface area contributed by atoms with Crippen LogP contribution in [-0.4, -0.2) is 31.4 Å². The molecule has 0 aliphatic rings. The molecule has 10 heteroatoms. The number of nitrogens with one attached hydrogen (secondary N) is 1. The van der Waals surface area contributed by atoms with Gasteiger partial charge in [0.2, 0.25) is 5.91 Å². The molecule has 1 amide bonds. The molecule has 1 atom stereocenters. The van der Waals surface area contributed by atoms with E-state index in [-0.39, 0.29) is 17.8 Å². The number of ether oxygens (including phenoxy) is 1. The number of hydrogen-bond acceptors (Lipinski definition) is 7. The van der Waals surface area contributed by atoms with E-state index in [0.717, 1.165) is 15.8 Å². The number of amides is 1. The first kappa shape index (κ1) is 21.6. The normalized spacial score (nSPS) is 12.1. The second-order valence-electron chi connectivity index (χ2n) is 6.87. The van der Waals surface area contributed by atoms with E-state index in [1.54, 1.807) is 12.1 Å². The molecule has 0 bridgehead atoms. The van der Waals surface area contributed by atoms with Crippen molar-refractivity contribution in [3.8, 4) is 5.75 Å². The van der Waals surface area contributed by atoms with Crippen LogP contribution in [0.1, 0.15) is 24.4 Å². The molecule has 1 N–H and O–H groups in total. The number of anilines is 1. The Kier molecular flexibility index (Phi) is 6.45. The van der Waals surface area contributed by atoms with Crippen molar-refractivity contribution in [2.45, 2.75) is 25.1 Å². The maximum absolute atomic E-state index is 12.4. The van der Waals surface area contributed by atoms with Gasteiger partial charge in [0.25, 0.3) is 0 Å². The average Bonchev–Trinajstić information content (AvgIpc) is 3.32. The summed E-state index contributed by atoms with van der Waals surface area (Å²) >= 11 is 8.93. The fourth-order valence-electron chi connectivity index (χ4n) is 3.01. The molecule has 1 unspecified atom stereocenters. The predicted molar refractivity (Wildman–Crippen MR) is 125 cm³/mol. The Balaban J connectivity index is 1.37. The SMILES string of the molecule is Cc1cccc2sc(NC(=O)CSc3nnc(C(C)Oc4ccccc4Cl)n3C)nc12. The molecule has 31 heavy (non-hydrogen) atoms. The molecule has 0 fully saturated rings. The second kappa shape index (κ2) is 9.25. The number of aryl methyl sites for hydroxylation is 1. The van der Waals surface area contributed by atoms with E-state index in [9.17, 15) is 4.79 Å². The van der Waals surface area contributed by atoms with E-state index in [4.69, 9.17) is 16.3 Å². The van der Waals surface area contributed by atoms with Gasteiger partial charge in [0.1, 0.15) is 5.75 Å². The maximum Gasteiger partial charge on any atom is 0.236 e. The van der Waals surface area contributed by atoms with Crippen molar-refractivity contribution in [1.82, 2.24) is 19.7 Å². The zero-order valence-electron chi connectivity index (χ0n) is 17.1. The van der Waals surface area contributed by atoms with Crippen LogP contribution in [0.3, 0.4) is 0 Å². The van der Waals surface area contributed by atoms with Gasteiger partial charge in [-0.25, -0.2) is 4.98 Å². The zero-order chi connectivity index (χ0) is 22.0. The molecule has 4 rings (SSSR count). The van der Waals surface area contributed by atoms with Crippen LogP contribution in [0.25, 0.3) is 10.2 Å². The fourth-order valence-corrected chi connectivity index (χ4v) is 4.87. The second-order valence-corrected chi connectivity index (χ2v) is 9.25. The third-order valence-electron chi connectivity index (χ3n) is 4.57. The number of fused-ring (bicyclic) bond motifs is 1. The monoisotopic (exact) mass is 473 g/mol. The van der Waals surface area contributed by atoms with E-state index in [1.165, 1.54) is 23.1 Å². The molecular weight excluding hydrogens is 454 g/mol. The van der Waals surface area contributed by atoms with Crippen LogP contribution in [0.2, 0.25) is 5.02 Å². The average molecular weight is 474 g/mol. The van der Waals surface area contributed by atoms with Gasteiger partial charge in [-0.05, 0) is 37.6 Å². The number of carbonyl (C=O) groups is 1. The molecule has 0 radical (unpaired) electrons. The number of thiazole rings is 1. The third kappa shape index (κ3) is 4.84. The Bertz CT molecular complexity index is 1240. The number of aromatic nitrogens is 4. The lowest BCUT2D eigenvalue weighted by Gasteiger charge is -2.15. The largest absolute Gasteiger partial charge is 0.481 e. The number of nitrogens with zero attached hydrogens (tertiary/aromatic N) is 4. The quantitative estimate of drug-likeness (QED) is 0.369. The summed E-state index contributed by atoms with van der Waals surface area (Å²) in [7, 11) is 1.85. The van der Waals surface area contributed by atoms with Gasteiger partial charge in [-0.2, -0.15) is 0 Å². The summed E-state index contributed by atoms with van der Waals surface area (Å²) in [6.07, 6.45) is -0.355. The predicted octanol–water partition coefficient (Wildman–Crippen LogP) is 5.26. The summed E-state index contributed by atoms with van der Waals surface area (Å²) in [5, 5.41) is 13.0. The molecule has 0 aliphatic heterocycles. The van der Waals surface area contributed by atoms with E-state index < -0.39 is 0 Å². The summed E-state index contributed by atoms with van der Waals surface area (Å²) in [5.74, 6) is 1.27. The highest BCUT2D eigenvalue weighted by atomic mass is 35.5. The first-order chi connectivity index (χ1) is 14.9. The summed E-state index contributed by atoms with van der Waals surface area (Å²) in [6.45, 7) is 3.88. The number of halogens is 1. The van der Waals surface area contributed by atoms with Gasteiger partial charge < -0.3 is 14.6 Å². The number of para-hydroxylation sites is 2. The van der Waals surface area contributed by atoms with E-state index >= 15 is 0 Å². The number of hydrogen-bond donors (Lipinski definition) is 1. The van der Waals surface area contributed by atoms with Crippen LogP contribution in [-0.2, 0) is 11.8 Å². The Morgan fingerprint density at radius 2 is 2.06 bits per heavy atom. The van der Waals surface area contributed by atoms with Gasteiger partial charge in [-0.1, -0.05) is 59.0 Å². The minimum Gasteiger partial charge on any atom is -0.481 e. The lowest BCUT2D eigenvalue weighted by atomic mass is 10.2. The van der Waals surface area contributed by atoms with E-state index in [2.05, 4.69) is 20.5 Å². The summed E-state index contributed by atoms with van der Waals surface area (Å²) in [4.78, 5) is 16.9. The first-order valence-electron chi connectivity index (χ1n) is 9.51. The number of benzene rings is 2. The van der Waals surface area contributed by atoms with Gasteiger partial charge >= 0.3 is 0 Å². The van der Waals surface area contributed by atoms with Crippen molar-refractivity contribution >= 4 is 56.0 Å². The maximum atomic E-state index is 12.4. The standard InChI is InChI=1S/C21H20ClN5O2S2/c1-12-7-6-10-16-18(12)24-20(31-16)23-17(28)11-30-21-26-25-19(27(21)3)13(2)29-15-9-5-4-8-14(15)22/h4-10,13H,11H2,1-3H3,(H,23,24,28). The molecule has 4 aromatic rings. The molecule has 2 aromatic carbocycles. The first-order valence-corrected chi connectivity index (χ1v) is 11.7. The van der Waals surface area contributed by atoms with E-state index in [1.807, 2.05) is 55.8 Å². The van der Waals surface area contributed by atoms with Crippen LogP contribution in [0.4, 0.5) is 5.13 Å². The Hall–Kier alpha value is -2.62. The molecule has 2 aromatic heterocycles. The number of rotatable bonds is 7. The molecule has 0 aliphatic carbocycles. The van der Waals surface area contributed by atoms with Gasteiger partial charge in [-0.15, -0.1) is 10.2 Å². The van der Waals surface area contributed by atoms with Crippen LogP contribution in [0.5, 0.6) is 5.75 Å². The number of carbonyl (C=O) groups excluding carboxylic acids is 1. The molecule has 0 saturated heterocycles. The highest BCUT2D eigenvalue weighted by Gasteiger charge is 2.19. The molecule has 0 spiro atoms. The highest BCUT2D eigenvalue weighted by Crippen LogP contribution is 2.30. The summed E-state index contributed by atoms with van der Waals surface area (Å²) in [6, 6.07) is 13.3. The fraction of sp³-hybridized carbons (Fsp3) is 0.238. The lowest BCUT2D eigenvalue weighted by molar-refractivity contribution is -0.113. The molecule has 2 heterocycles. The van der Waals surface area contributed by atoms with Crippen molar-refractivity contribution in [1.29, 1.82) is 0 Å². The van der Waals surface area contributed by atoms with Crippen molar-refractivity contribution in [2.75, 3.05) is 11.1 Å². The van der Waals surface area contributed by atoms with Gasteiger partial charge in [-0.3, -0.25) is 4.79 Å². The smallest absolute Gasteiger partial charge is 0.236 e. The Labute approximate surface area is 192 Å². The van der Waals surface area contributed by atoms with Gasteiger partial charge in [0.05, 0.1) is 21.0 Å². The zero-order valence-corrected chi connectivity index (χ0v) is 19.5. The van der Waals surface area contributed by atoms with Crippen LogP contribution in [0, 0.1) is 6.92 Å². The third-order valence-corrected chi connectivity index (χ3v) is 6.84. The van der Waals surface area contributed by atoms with Crippen molar-refractivity contribution in [3.05, 3.63) is 58.9 Å². The van der Waals surface area contributed by atoms with Crippen LogP contribution < -0.4 is 10.1 Å². The summed E-state index contributed by atoms with van der Waals surface area (Å²) < 4.78 is 8.79. The summed E-state index contributed by atoms with van der Waals surface area (Å²) in [5.41, 5.74) is 2.00. The molecular formula is C21H20ClN5O2S2. The molecule has 0 saturated carbocycles. The Morgan fingerprint density at radius 3 is 2.84 bits per heavy atom. The van der Waals surface area contributed by atoms with Gasteiger partial charge in [0, 0.05) is 7.05 Å². The van der Waals surface area contributed by atoms with Gasteiger partial charge in [0.15, 0.2) is 22.2 Å². The minimum absolute atomic E-state index is 0.147. The van der Waals surface area contributed by atoms with Crippen molar-refractivity contribution in [2.24, 2.45) is 7.05 Å². The highest BCUT2D eigenvalue weighted by molar-refractivity contribution is 7.99. The number of thioether (sulfide) groups is 1. The van der Waals surface area contributed by atoms with E-state index in [0.29, 0.717) is 26.9 Å². The topological polar surface area (TPSA) is 81.9 Å².